The van der Waals surface area contributed by atoms with E-state index in [0.29, 0.717) is 39.7 Å². The largest absolute Gasteiger partial charge is 0.497 e. The van der Waals surface area contributed by atoms with Crippen molar-refractivity contribution in [2.75, 3.05) is 23.5 Å². The molecular formula is C22H24ClN5O3S. The number of aromatic nitrogens is 3. The third-order valence-corrected chi connectivity index (χ3v) is 5.80. The number of halogens is 1. The number of nitrogens with zero attached hydrogens (tertiary/aromatic N) is 3. The number of methoxy groups -OCH3 is 1. The summed E-state index contributed by atoms with van der Waals surface area (Å²) in [7, 11) is 1.59. The SMILES string of the molecule is CCn1c(CC(=O)Nc2ccc(OC)cc2)nnc1SCC(=O)Nc1ccc(Cl)cc1C. The fraction of sp³-hybridized carbons (Fsp3) is 0.273. The monoisotopic (exact) mass is 473 g/mol. The average molecular weight is 474 g/mol. The first-order valence-corrected chi connectivity index (χ1v) is 11.3. The highest BCUT2D eigenvalue weighted by Gasteiger charge is 2.16. The van der Waals surface area contributed by atoms with Gasteiger partial charge in [0.05, 0.1) is 19.3 Å². The van der Waals surface area contributed by atoms with E-state index in [1.807, 2.05) is 18.4 Å². The summed E-state index contributed by atoms with van der Waals surface area (Å²) >= 11 is 7.23. The van der Waals surface area contributed by atoms with E-state index in [4.69, 9.17) is 16.3 Å². The van der Waals surface area contributed by atoms with E-state index in [2.05, 4.69) is 20.8 Å². The Morgan fingerprint density at radius 3 is 2.50 bits per heavy atom. The van der Waals surface area contributed by atoms with Crippen LogP contribution in [0.15, 0.2) is 47.6 Å². The Bertz CT molecular complexity index is 1100. The van der Waals surface area contributed by atoms with Crippen molar-refractivity contribution in [2.45, 2.75) is 32.0 Å². The fourth-order valence-electron chi connectivity index (χ4n) is 2.98. The van der Waals surface area contributed by atoms with E-state index in [1.54, 1.807) is 49.6 Å². The summed E-state index contributed by atoms with van der Waals surface area (Å²) in [6, 6.07) is 12.4. The van der Waals surface area contributed by atoms with Crippen molar-refractivity contribution in [1.29, 1.82) is 0 Å². The van der Waals surface area contributed by atoms with Gasteiger partial charge in [-0.15, -0.1) is 10.2 Å². The van der Waals surface area contributed by atoms with Crippen LogP contribution < -0.4 is 15.4 Å². The second kappa shape index (κ2) is 11.0. The highest BCUT2D eigenvalue weighted by molar-refractivity contribution is 7.99. The molecule has 0 aliphatic rings. The number of amides is 2. The highest BCUT2D eigenvalue weighted by atomic mass is 35.5. The van der Waals surface area contributed by atoms with Gasteiger partial charge >= 0.3 is 0 Å². The maximum atomic E-state index is 12.4. The van der Waals surface area contributed by atoms with Crippen LogP contribution in [-0.2, 0) is 22.6 Å². The zero-order valence-electron chi connectivity index (χ0n) is 18.0. The predicted molar refractivity (Wildman–Crippen MR) is 127 cm³/mol. The molecule has 3 aromatic rings. The van der Waals surface area contributed by atoms with Crippen molar-refractivity contribution in [2.24, 2.45) is 0 Å². The second-order valence-corrected chi connectivity index (χ2v) is 8.27. The summed E-state index contributed by atoms with van der Waals surface area (Å²) in [6.45, 7) is 4.40. The number of ether oxygens (including phenoxy) is 1. The lowest BCUT2D eigenvalue weighted by atomic mass is 10.2. The molecule has 0 saturated carbocycles. The average Bonchev–Trinajstić information content (AvgIpc) is 3.16. The number of carbonyl (C=O) groups is 2. The summed E-state index contributed by atoms with van der Waals surface area (Å²) in [4.78, 5) is 24.8. The zero-order chi connectivity index (χ0) is 23.1. The number of hydrogen-bond donors (Lipinski definition) is 2. The lowest BCUT2D eigenvalue weighted by molar-refractivity contribution is -0.116. The number of carbonyl (C=O) groups excluding carboxylic acids is 2. The smallest absolute Gasteiger partial charge is 0.234 e. The molecule has 0 spiro atoms. The minimum absolute atomic E-state index is 0.0730. The van der Waals surface area contributed by atoms with Gasteiger partial charge in [-0.25, -0.2) is 0 Å². The fourth-order valence-corrected chi connectivity index (χ4v) is 4.03. The lowest BCUT2D eigenvalue weighted by Gasteiger charge is -2.10. The molecule has 0 radical (unpaired) electrons. The van der Waals surface area contributed by atoms with Crippen LogP contribution in [0.3, 0.4) is 0 Å². The normalized spacial score (nSPS) is 10.6. The van der Waals surface area contributed by atoms with E-state index in [-0.39, 0.29) is 24.0 Å². The lowest BCUT2D eigenvalue weighted by Crippen LogP contribution is -2.18. The number of aryl methyl sites for hydroxylation is 1. The van der Waals surface area contributed by atoms with E-state index in [1.165, 1.54) is 11.8 Å². The maximum Gasteiger partial charge on any atom is 0.234 e. The van der Waals surface area contributed by atoms with Gasteiger partial charge in [0, 0.05) is 22.9 Å². The molecule has 32 heavy (non-hydrogen) atoms. The third-order valence-electron chi connectivity index (χ3n) is 4.60. The van der Waals surface area contributed by atoms with Crippen molar-refractivity contribution in [3.8, 4) is 5.75 Å². The summed E-state index contributed by atoms with van der Waals surface area (Å²) in [5, 5.41) is 15.2. The molecule has 1 aromatic heterocycles. The van der Waals surface area contributed by atoms with Crippen LogP contribution >= 0.6 is 23.4 Å². The summed E-state index contributed by atoms with van der Waals surface area (Å²) in [6.07, 6.45) is 0.0730. The number of hydrogen-bond acceptors (Lipinski definition) is 6. The van der Waals surface area contributed by atoms with Gasteiger partial charge in [-0.05, 0) is 61.9 Å². The van der Waals surface area contributed by atoms with Crippen molar-refractivity contribution >= 4 is 46.6 Å². The van der Waals surface area contributed by atoms with Crippen molar-refractivity contribution in [3.63, 3.8) is 0 Å². The number of anilines is 2. The van der Waals surface area contributed by atoms with Gasteiger partial charge in [-0.3, -0.25) is 9.59 Å². The molecule has 1 heterocycles. The topological polar surface area (TPSA) is 98.1 Å². The number of rotatable bonds is 9. The Morgan fingerprint density at radius 2 is 1.84 bits per heavy atom. The van der Waals surface area contributed by atoms with Gasteiger partial charge in [-0.2, -0.15) is 0 Å². The number of nitrogens with one attached hydrogen (secondary N) is 2. The quantitative estimate of drug-likeness (QED) is 0.452. The van der Waals surface area contributed by atoms with Gasteiger partial charge < -0.3 is 19.9 Å². The summed E-state index contributed by atoms with van der Waals surface area (Å²) in [5.41, 5.74) is 2.27. The Hall–Kier alpha value is -3.04. The first kappa shape index (κ1) is 23.6. The van der Waals surface area contributed by atoms with Crippen LogP contribution in [0.2, 0.25) is 5.02 Å². The molecule has 0 bridgehead atoms. The highest BCUT2D eigenvalue weighted by Crippen LogP contribution is 2.22. The molecule has 0 aliphatic carbocycles. The molecule has 0 saturated heterocycles. The second-order valence-electron chi connectivity index (χ2n) is 6.89. The first-order valence-electron chi connectivity index (χ1n) is 9.94. The van der Waals surface area contributed by atoms with Crippen molar-refractivity contribution in [3.05, 3.63) is 58.9 Å². The van der Waals surface area contributed by atoms with Crippen LogP contribution in [0.1, 0.15) is 18.3 Å². The van der Waals surface area contributed by atoms with Gasteiger partial charge in [0.1, 0.15) is 11.6 Å². The third kappa shape index (κ3) is 6.24. The van der Waals surface area contributed by atoms with Gasteiger partial charge in [0.15, 0.2) is 5.16 Å². The molecule has 0 atom stereocenters. The Labute approximate surface area is 195 Å². The Kier molecular flexibility index (Phi) is 8.13. The van der Waals surface area contributed by atoms with Crippen LogP contribution in [0.25, 0.3) is 0 Å². The standard InChI is InChI=1S/C22H24ClN5O3S/c1-4-28-19(12-20(29)24-16-6-8-17(31-3)9-7-16)26-27-22(28)32-13-21(30)25-18-10-5-15(23)11-14(18)2/h5-11H,4,12-13H2,1-3H3,(H,24,29)(H,25,30). The van der Waals surface area contributed by atoms with Crippen LogP contribution in [-0.4, -0.2) is 39.4 Å². The molecule has 3 rings (SSSR count). The molecule has 0 unspecified atom stereocenters. The van der Waals surface area contributed by atoms with E-state index >= 15 is 0 Å². The minimum Gasteiger partial charge on any atom is -0.497 e. The Morgan fingerprint density at radius 1 is 1.09 bits per heavy atom. The number of thioether (sulfide) groups is 1. The molecule has 10 heteroatoms. The first-order chi connectivity index (χ1) is 15.4. The maximum absolute atomic E-state index is 12.4. The number of benzene rings is 2. The summed E-state index contributed by atoms with van der Waals surface area (Å²) in [5.74, 6) is 1.05. The van der Waals surface area contributed by atoms with Crippen molar-refractivity contribution in [1.82, 2.24) is 14.8 Å². The van der Waals surface area contributed by atoms with Gasteiger partial charge in [-0.1, -0.05) is 23.4 Å². The summed E-state index contributed by atoms with van der Waals surface area (Å²) < 4.78 is 6.95. The minimum atomic E-state index is -0.204. The van der Waals surface area contributed by atoms with E-state index in [9.17, 15) is 9.59 Å². The molecule has 168 valence electrons. The predicted octanol–water partition coefficient (Wildman–Crippen LogP) is 4.18. The van der Waals surface area contributed by atoms with Gasteiger partial charge in [0.25, 0.3) is 0 Å². The molecule has 8 nitrogen and oxygen atoms in total. The molecule has 0 fully saturated rings. The molecule has 2 amide bonds. The molecular weight excluding hydrogens is 450 g/mol. The molecule has 2 N–H and O–H groups in total. The van der Waals surface area contributed by atoms with Gasteiger partial charge in [0.2, 0.25) is 11.8 Å². The zero-order valence-corrected chi connectivity index (χ0v) is 19.6. The van der Waals surface area contributed by atoms with Crippen LogP contribution in [0, 0.1) is 6.92 Å². The molecule has 0 aliphatic heterocycles. The van der Waals surface area contributed by atoms with Crippen molar-refractivity contribution < 1.29 is 14.3 Å². The molecule has 2 aromatic carbocycles. The van der Waals surface area contributed by atoms with E-state index in [0.717, 1.165) is 5.56 Å². The van der Waals surface area contributed by atoms with Crippen LogP contribution in [0.5, 0.6) is 5.75 Å². The Balaban J connectivity index is 1.57. The van der Waals surface area contributed by atoms with E-state index < -0.39 is 0 Å². The van der Waals surface area contributed by atoms with Crippen LogP contribution in [0.4, 0.5) is 11.4 Å².